The van der Waals surface area contributed by atoms with Crippen LogP contribution in [-0.2, 0) is 9.59 Å². The van der Waals surface area contributed by atoms with Crippen molar-refractivity contribution in [3.63, 3.8) is 0 Å². The number of nitrogens with one attached hydrogen (secondary N) is 1. The second-order valence-electron chi connectivity index (χ2n) is 5.95. The van der Waals surface area contributed by atoms with Gasteiger partial charge in [-0.15, -0.1) is 0 Å². The van der Waals surface area contributed by atoms with Crippen LogP contribution in [0.25, 0.3) is 6.08 Å². The van der Waals surface area contributed by atoms with Gasteiger partial charge in [-0.25, -0.2) is 0 Å². The first-order valence-electron chi connectivity index (χ1n) is 8.10. The van der Waals surface area contributed by atoms with Crippen LogP contribution in [0.2, 0.25) is 0 Å². The number of carbonyl (C=O) groups excluding carboxylic acids is 2. The summed E-state index contributed by atoms with van der Waals surface area (Å²) < 4.78 is 5.68. The number of anilines is 1. The Morgan fingerprint density at radius 3 is 2.81 bits per heavy atom. The molecule has 1 fully saturated rings. The first-order valence-corrected chi connectivity index (χ1v) is 9.32. The Kier molecular flexibility index (Phi) is 5.58. The van der Waals surface area contributed by atoms with E-state index in [0.29, 0.717) is 15.0 Å². The van der Waals surface area contributed by atoms with Gasteiger partial charge in [0.25, 0.3) is 5.91 Å². The van der Waals surface area contributed by atoms with Crippen molar-refractivity contribution in [2.24, 2.45) is 0 Å². The maximum absolute atomic E-state index is 12.5. The van der Waals surface area contributed by atoms with E-state index in [1.165, 1.54) is 22.2 Å². The molecule has 2 aromatic rings. The van der Waals surface area contributed by atoms with Crippen molar-refractivity contribution >= 4 is 51.9 Å². The highest BCUT2D eigenvalue weighted by atomic mass is 32.2. The van der Waals surface area contributed by atoms with Gasteiger partial charge in [-0.2, -0.15) is 0 Å². The maximum atomic E-state index is 12.5. The van der Waals surface area contributed by atoms with E-state index in [1.54, 1.807) is 24.5 Å². The minimum atomic E-state index is -0.199. The smallest absolute Gasteiger partial charge is 0.266 e. The van der Waals surface area contributed by atoms with Gasteiger partial charge < -0.3 is 9.73 Å². The molecule has 0 bridgehead atoms. The monoisotopic (exact) mass is 386 g/mol. The zero-order valence-corrected chi connectivity index (χ0v) is 16.1. The van der Waals surface area contributed by atoms with E-state index >= 15 is 0 Å². The Morgan fingerprint density at radius 1 is 1.31 bits per heavy atom. The fourth-order valence-electron chi connectivity index (χ4n) is 2.45. The third-order valence-corrected chi connectivity index (χ3v) is 5.42. The highest BCUT2D eigenvalue weighted by Gasteiger charge is 2.32. The summed E-state index contributed by atoms with van der Waals surface area (Å²) in [6.07, 6.45) is 3.38. The van der Waals surface area contributed by atoms with Crippen LogP contribution in [0.5, 0.6) is 0 Å². The Labute approximate surface area is 161 Å². The van der Waals surface area contributed by atoms with Crippen molar-refractivity contribution in [2.75, 3.05) is 11.9 Å². The molecule has 26 heavy (non-hydrogen) atoms. The molecule has 2 heterocycles. The Balaban J connectivity index is 1.58. The van der Waals surface area contributed by atoms with Crippen LogP contribution in [-0.4, -0.2) is 27.6 Å². The third kappa shape index (κ3) is 4.23. The van der Waals surface area contributed by atoms with Crippen molar-refractivity contribution < 1.29 is 14.0 Å². The number of amides is 2. The van der Waals surface area contributed by atoms with Crippen molar-refractivity contribution in [3.05, 3.63) is 58.4 Å². The van der Waals surface area contributed by atoms with Gasteiger partial charge in [0, 0.05) is 24.7 Å². The summed E-state index contributed by atoms with van der Waals surface area (Å²) in [5.41, 5.74) is 3.04. The summed E-state index contributed by atoms with van der Waals surface area (Å²) in [5, 5.41) is 2.85. The molecule has 3 rings (SSSR count). The quantitative estimate of drug-likeness (QED) is 0.618. The molecule has 1 aliphatic rings. The van der Waals surface area contributed by atoms with Crippen molar-refractivity contribution in [3.8, 4) is 0 Å². The number of nitrogens with zero attached hydrogens (tertiary/aromatic N) is 1. The average molecular weight is 386 g/mol. The SMILES string of the molecule is Cc1ccc(NC(=O)CCN2C(=O)C(=Cc3ccco3)SC2=S)cc1C. The number of thiocarbonyl (C=S) groups is 1. The second kappa shape index (κ2) is 7.88. The van der Waals surface area contributed by atoms with Crippen LogP contribution in [0.3, 0.4) is 0 Å². The molecule has 0 atom stereocenters. The normalized spacial score (nSPS) is 15.8. The highest BCUT2D eigenvalue weighted by molar-refractivity contribution is 8.26. The molecule has 1 aliphatic heterocycles. The Morgan fingerprint density at radius 2 is 2.12 bits per heavy atom. The highest BCUT2D eigenvalue weighted by Crippen LogP contribution is 2.32. The summed E-state index contributed by atoms with van der Waals surface area (Å²) in [7, 11) is 0. The molecule has 7 heteroatoms. The minimum absolute atomic E-state index is 0.155. The van der Waals surface area contributed by atoms with Gasteiger partial charge in [0.2, 0.25) is 5.91 Å². The predicted molar refractivity (Wildman–Crippen MR) is 108 cm³/mol. The van der Waals surface area contributed by atoms with E-state index in [-0.39, 0.29) is 24.8 Å². The van der Waals surface area contributed by atoms with Crippen molar-refractivity contribution in [2.45, 2.75) is 20.3 Å². The lowest BCUT2D eigenvalue weighted by Gasteiger charge is -2.14. The molecule has 1 saturated heterocycles. The van der Waals surface area contributed by atoms with Gasteiger partial charge in [-0.05, 0) is 49.2 Å². The number of thioether (sulfide) groups is 1. The summed E-state index contributed by atoms with van der Waals surface area (Å²) in [6.45, 7) is 4.26. The average Bonchev–Trinajstić information content (AvgIpc) is 3.19. The molecule has 1 aromatic heterocycles. The molecule has 1 N–H and O–H groups in total. The van der Waals surface area contributed by atoms with Gasteiger partial charge in [-0.3, -0.25) is 14.5 Å². The van der Waals surface area contributed by atoms with E-state index in [0.717, 1.165) is 11.3 Å². The van der Waals surface area contributed by atoms with Crippen LogP contribution in [0.1, 0.15) is 23.3 Å². The maximum Gasteiger partial charge on any atom is 0.266 e. The molecule has 0 saturated carbocycles. The van der Waals surface area contributed by atoms with E-state index in [9.17, 15) is 9.59 Å². The Hall–Kier alpha value is -2.38. The van der Waals surface area contributed by atoms with Crippen LogP contribution < -0.4 is 5.32 Å². The summed E-state index contributed by atoms with van der Waals surface area (Å²) in [6, 6.07) is 9.28. The lowest BCUT2D eigenvalue weighted by molar-refractivity contribution is -0.122. The first-order chi connectivity index (χ1) is 12.4. The Bertz CT molecular complexity index is 888. The van der Waals surface area contributed by atoms with Gasteiger partial charge >= 0.3 is 0 Å². The molecule has 0 radical (unpaired) electrons. The first kappa shape index (κ1) is 18.4. The summed E-state index contributed by atoms with van der Waals surface area (Å²) in [5.74, 6) is 0.241. The van der Waals surface area contributed by atoms with Gasteiger partial charge in [0.1, 0.15) is 10.1 Å². The lowest BCUT2D eigenvalue weighted by Crippen LogP contribution is -2.31. The van der Waals surface area contributed by atoms with Crippen LogP contribution >= 0.6 is 24.0 Å². The summed E-state index contributed by atoms with van der Waals surface area (Å²) in [4.78, 5) is 26.6. The minimum Gasteiger partial charge on any atom is -0.465 e. The molecule has 1 aromatic carbocycles. The fraction of sp³-hybridized carbons (Fsp3) is 0.211. The molecule has 0 aliphatic carbocycles. The number of aryl methyl sites for hydroxylation is 2. The molecule has 0 spiro atoms. The van der Waals surface area contributed by atoms with Crippen LogP contribution in [0.4, 0.5) is 5.69 Å². The van der Waals surface area contributed by atoms with E-state index in [4.69, 9.17) is 16.6 Å². The van der Waals surface area contributed by atoms with Crippen LogP contribution in [0.15, 0.2) is 45.9 Å². The number of benzene rings is 1. The standard InChI is InChI=1S/C19H18N2O3S2/c1-12-5-6-14(10-13(12)2)20-17(22)7-8-21-18(23)16(26-19(21)25)11-15-4-3-9-24-15/h3-6,9-11H,7-8H2,1-2H3,(H,20,22). The third-order valence-electron chi connectivity index (χ3n) is 4.04. The topological polar surface area (TPSA) is 62.6 Å². The second-order valence-corrected chi connectivity index (χ2v) is 7.62. The van der Waals surface area contributed by atoms with E-state index < -0.39 is 0 Å². The fourth-order valence-corrected chi connectivity index (χ4v) is 3.74. The van der Waals surface area contributed by atoms with Gasteiger partial charge in [0.15, 0.2) is 0 Å². The summed E-state index contributed by atoms with van der Waals surface area (Å²) >= 11 is 6.48. The zero-order chi connectivity index (χ0) is 18.7. The lowest BCUT2D eigenvalue weighted by atomic mass is 10.1. The largest absolute Gasteiger partial charge is 0.465 e. The van der Waals surface area contributed by atoms with E-state index in [2.05, 4.69) is 5.32 Å². The molecule has 5 nitrogen and oxygen atoms in total. The molecule has 134 valence electrons. The van der Waals surface area contributed by atoms with Gasteiger partial charge in [0.05, 0.1) is 11.2 Å². The number of hydrogen-bond acceptors (Lipinski definition) is 5. The zero-order valence-electron chi connectivity index (χ0n) is 14.4. The number of carbonyl (C=O) groups is 2. The molecule has 0 unspecified atom stereocenters. The number of furan rings is 1. The molecule has 2 amide bonds. The number of hydrogen-bond donors (Lipinski definition) is 1. The van der Waals surface area contributed by atoms with Crippen molar-refractivity contribution in [1.82, 2.24) is 4.90 Å². The predicted octanol–water partition coefficient (Wildman–Crippen LogP) is 4.13. The van der Waals surface area contributed by atoms with Crippen LogP contribution in [0, 0.1) is 13.8 Å². The van der Waals surface area contributed by atoms with Crippen molar-refractivity contribution in [1.29, 1.82) is 0 Å². The van der Waals surface area contributed by atoms with Gasteiger partial charge in [-0.1, -0.05) is 30.0 Å². The van der Waals surface area contributed by atoms with E-state index in [1.807, 2.05) is 32.0 Å². The molecular formula is C19H18N2O3S2. The number of rotatable bonds is 5. The molecular weight excluding hydrogens is 368 g/mol.